The van der Waals surface area contributed by atoms with E-state index in [0.29, 0.717) is 41.1 Å². The fraction of sp³-hybridized carbons (Fsp3) is 0.261. The molecule has 0 bridgehead atoms. The van der Waals surface area contributed by atoms with Crippen molar-refractivity contribution in [3.8, 4) is 11.5 Å². The SMILES string of the molecule is CCOc1cc(/C=C2\SC(=NC(=O)c3ccccc3)NC2=O)ccc1OCC(C)C. The molecule has 7 heteroatoms. The van der Waals surface area contributed by atoms with Gasteiger partial charge in [0.2, 0.25) is 0 Å². The summed E-state index contributed by atoms with van der Waals surface area (Å²) in [6.07, 6.45) is 1.74. The summed E-state index contributed by atoms with van der Waals surface area (Å²) in [6.45, 7) is 7.16. The molecule has 0 aliphatic carbocycles. The van der Waals surface area contributed by atoms with Crippen LogP contribution in [0.1, 0.15) is 36.7 Å². The van der Waals surface area contributed by atoms with Crippen LogP contribution in [0.4, 0.5) is 0 Å². The van der Waals surface area contributed by atoms with Crippen molar-refractivity contribution in [2.75, 3.05) is 13.2 Å². The molecule has 1 heterocycles. The summed E-state index contributed by atoms with van der Waals surface area (Å²) in [6, 6.07) is 14.3. The average Bonchev–Trinajstić information content (AvgIpc) is 3.06. The van der Waals surface area contributed by atoms with Crippen molar-refractivity contribution < 1.29 is 19.1 Å². The molecule has 2 amide bonds. The van der Waals surface area contributed by atoms with Crippen molar-refractivity contribution in [3.63, 3.8) is 0 Å². The third kappa shape index (κ3) is 5.73. The van der Waals surface area contributed by atoms with E-state index in [4.69, 9.17) is 9.47 Å². The quantitative estimate of drug-likeness (QED) is 0.661. The normalized spacial score (nSPS) is 16.2. The number of ether oxygens (including phenoxy) is 2. The van der Waals surface area contributed by atoms with Crippen LogP contribution in [0.2, 0.25) is 0 Å². The van der Waals surface area contributed by atoms with Gasteiger partial charge in [-0.3, -0.25) is 9.59 Å². The zero-order valence-electron chi connectivity index (χ0n) is 17.2. The molecule has 0 saturated carbocycles. The van der Waals surface area contributed by atoms with E-state index >= 15 is 0 Å². The first-order chi connectivity index (χ1) is 14.5. The first kappa shape index (κ1) is 21.6. The summed E-state index contributed by atoms with van der Waals surface area (Å²) in [4.78, 5) is 29.0. The number of thioether (sulfide) groups is 1. The molecule has 3 rings (SSSR count). The van der Waals surface area contributed by atoms with Gasteiger partial charge >= 0.3 is 0 Å². The summed E-state index contributed by atoms with van der Waals surface area (Å²) >= 11 is 1.13. The molecular formula is C23H24N2O4S. The van der Waals surface area contributed by atoms with Gasteiger partial charge in [0.05, 0.1) is 18.1 Å². The Kier molecular flexibility index (Phi) is 7.30. The van der Waals surface area contributed by atoms with Gasteiger partial charge in [-0.15, -0.1) is 0 Å². The minimum absolute atomic E-state index is 0.266. The Hall–Kier alpha value is -3.06. The van der Waals surface area contributed by atoms with Crippen LogP contribution in [0, 0.1) is 5.92 Å². The zero-order valence-corrected chi connectivity index (χ0v) is 18.0. The molecule has 1 aliphatic rings. The number of carbonyl (C=O) groups is 2. The number of amidine groups is 1. The molecule has 0 spiro atoms. The van der Waals surface area contributed by atoms with E-state index < -0.39 is 5.91 Å². The molecule has 1 saturated heterocycles. The Balaban J connectivity index is 1.77. The lowest BCUT2D eigenvalue weighted by Gasteiger charge is -2.14. The Morgan fingerprint density at radius 1 is 1.13 bits per heavy atom. The van der Waals surface area contributed by atoms with Crippen molar-refractivity contribution in [2.45, 2.75) is 20.8 Å². The average molecular weight is 425 g/mol. The molecule has 1 fully saturated rings. The van der Waals surface area contributed by atoms with Gasteiger partial charge in [-0.25, -0.2) is 0 Å². The number of aliphatic imine (C=N–C) groups is 1. The van der Waals surface area contributed by atoms with Crippen LogP contribution >= 0.6 is 11.8 Å². The largest absolute Gasteiger partial charge is 0.490 e. The predicted octanol–water partition coefficient (Wildman–Crippen LogP) is 4.52. The van der Waals surface area contributed by atoms with Crippen LogP contribution in [0.25, 0.3) is 6.08 Å². The summed E-state index contributed by atoms with van der Waals surface area (Å²) in [7, 11) is 0. The van der Waals surface area contributed by atoms with Crippen LogP contribution < -0.4 is 14.8 Å². The smallest absolute Gasteiger partial charge is 0.279 e. The maximum Gasteiger partial charge on any atom is 0.279 e. The Labute approximate surface area is 180 Å². The Bertz CT molecular complexity index is 984. The number of amides is 2. The van der Waals surface area contributed by atoms with Crippen molar-refractivity contribution in [3.05, 3.63) is 64.6 Å². The standard InChI is InChI=1S/C23H24N2O4S/c1-4-28-19-12-16(10-11-18(19)29-14-15(2)3)13-20-22(27)25-23(30-20)24-21(26)17-8-6-5-7-9-17/h5-13,15H,4,14H2,1-3H3,(H,24,25,26,27)/b20-13-. The second kappa shape index (κ2) is 10.1. The lowest BCUT2D eigenvalue weighted by Crippen LogP contribution is -2.20. The van der Waals surface area contributed by atoms with E-state index in [9.17, 15) is 9.59 Å². The van der Waals surface area contributed by atoms with Crippen LogP contribution in [-0.4, -0.2) is 30.2 Å². The molecular weight excluding hydrogens is 400 g/mol. The van der Waals surface area contributed by atoms with E-state index in [1.807, 2.05) is 31.2 Å². The van der Waals surface area contributed by atoms with Crippen molar-refractivity contribution in [2.24, 2.45) is 10.9 Å². The monoisotopic (exact) mass is 424 g/mol. The molecule has 30 heavy (non-hydrogen) atoms. The number of rotatable bonds is 7. The van der Waals surface area contributed by atoms with E-state index in [2.05, 4.69) is 24.2 Å². The predicted molar refractivity (Wildman–Crippen MR) is 120 cm³/mol. The first-order valence-corrected chi connectivity index (χ1v) is 10.6. The number of hydrogen-bond acceptors (Lipinski definition) is 5. The Morgan fingerprint density at radius 3 is 2.60 bits per heavy atom. The summed E-state index contributed by atoms with van der Waals surface area (Å²) in [5, 5.41) is 2.90. The molecule has 0 unspecified atom stereocenters. The lowest BCUT2D eigenvalue weighted by molar-refractivity contribution is -0.115. The van der Waals surface area contributed by atoms with Gasteiger partial charge in [-0.1, -0.05) is 38.1 Å². The van der Waals surface area contributed by atoms with Crippen LogP contribution in [0.3, 0.4) is 0 Å². The van der Waals surface area contributed by atoms with E-state index in [0.717, 1.165) is 17.3 Å². The zero-order chi connectivity index (χ0) is 21.5. The molecule has 2 aromatic carbocycles. The van der Waals surface area contributed by atoms with Crippen molar-refractivity contribution >= 4 is 34.8 Å². The van der Waals surface area contributed by atoms with Gasteiger partial charge < -0.3 is 14.8 Å². The first-order valence-electron chi connectivity index (χ1n) is 9.75. The third-order valence-electron chi connectivity index (χ3n) is 4.01. The van der Waals surface area contributed by atoms with Crippen LogP contribution in [0.5, 0.6) is 11.5 Å². The minimum atomic E-state index is -0.398. The fourth-order valence-electron chi connectivity index (χ4n) is 2.63. The highest BCUT2D eigenvalue weighted by molar-refractivity contribution is 8.18. The van der Waals surface area contributed by atoms with Gasteiger partial charge in [0, 0.05) is 5.56 Å². The number of benzene rings is 2. The second-order valence-electron chi connectivity index (χ2n) is 7.00. The molecule has 0 atom stereocenters. The number of hydrogen-bond donors (Lipinski definition) is 1. The Morgan fingerprint density at radius 2 is 1.90 bits per heavy atom. The third-order valence-corrected chi connectivity index (χ3v) is 4.92. The summed E-state index contributed by atoms with van der Waals surface area (Å²) < 4.78 is 11.5. The topological polar surface area (TPSA) is 77.0 Å². The highest BCUT2D eigenvalue weighted by Gasteiger charge is 2.25. The molecule has 1 aliphatic heterocycles. The van der Waals surface area contributed by atoms with E-state index in [1.165, 1.54) is 0 Å². The molecule has 0 radical (unpaired) electrons. The van der Waals surface area contributed by atoms with Gasteiger partial charge in [0.1, 0.15) is 0 Å². The second-order valence-corrected chi connectivity index (χ2v) is 8.03. The van der Waals surface area contributed by atoms with Crippen LogP contribution in [0.15, 0.2) is 58.4 Å². The van der Waals surface area contributed by atoms with Crippen LogP contribution in [-0.2, 0) is 4.79 Å². The van der Waals surface area contributed by atoms with Gasteiger partial charge in [0.15, 0.2) is 16.7 Å². The number of carbonyl (C=O) groups excluding carboxylic acids is 2. The molecule has 156 valence electrons. The summed E-state index contributed by atoms with van der Waals surface area (Å²) in [5.41, 5.74) is 1.26. The van der Waals surface area contributed by atoms with Crippen molar-refractivity contribution in [1.29, 1.82) is 0 Å². The van der Waals surface area contributed by atoms with Gasteiger partial charge in [-0.2, -0.15) is 4.99 Å². The van der Waals surface area contributed by atoms with E-state index in [1.54, 1.807) is 30.3 Å². The minimum Gasteiger partial charge on any atom is -0.490 e. The highest BCUT2D eigenvalue weighted by Crippen LogP contribution is 2.32. The molecule has 6 nitrogen and oxygen atoms in total. The molecule has 1 N–H and O–H groups in total. The fourth-order valence-corrected chi connectivity index (χ4v) is 3.45. The van der Waals surface area contributed by atoms with Gasteiger partial charge in [-0.05, 0) is 60.5 Å². The van der Waals surface area contributed by atoms with Gasteiger partial charge in [0.25, 0.3) is 11.8 Å². The maximum atomic E-state index is 12.3. The van der Waals surface area contributed by atoms with Crippen molar-refractivity contribution in [1.82, 2.24) is 5.32 Å². The number of nitrogens with zero attached hydrogens (tertiary/aromatic N) is 1. The van der Waals surface area contributed by atoms with E-state index in [-0.39, 0.29) is 11.1 Å². The molecule has 2 aromatic rings. The highest BCUT2D eigenvalue weighted by atomic mass is 32.2. The lowest BCUT2D eigenvalue weighted by atomic mass is 10.2. The number of nitrogens with one attached hydrogen (secondary N) is 1. The summed E-state index contributed by atoms with van der Waals surface area (Å²) in [5.74, 6) is 1.01. The molecule has 0 aromatic heterocycles. The maximum absolute atomic E-state index is 12.3.